The molecule has 3 fully saturated rings. The molecule has 7 nitrogen and oxygen atoms in total. The Bertz CT molecular complexity index is 1070. The Morgan fingerprint density at radius 2 is 2.00 bits per heavy atom. The van der Waals surface area contributed by atoms with Gasteiger partial charge in [-0.05, 0) is 86.7 Å². The lowest BCUT2D eigenvalue weighted by atomic mass is 9.48. The normalized spacial score (nSPS) is 36.2. The summed E-state index contributed by atoms with van der Waals surface area (Å²) in [6.45, 7) is 7.09. The number of hydrogen-bond donors (Lipinski definition) is 2. The number of fused-ring (bicyclic) bond motifs is 5. The fourth-order valence-corrected chi connectivity index (χ4v) is 8.59. The van der Waals surface area contributed by atoms with Crippen LogP contribution in [0.15, 0.2) is 29.6 Å². The number of hydrogen-bond acceptors (Lipinski definition) is 4. The zero-order valence-corrected chi connectivity index (χ0v) is 21.4. The molecule has 1 unspecified atom stereocenters. The highest BCUT2D eigenvalue weighted by atomic mass is 16.2. The van der Waals surface area contributed by atoms with E-state index in [1.54, 1.807) is 18.3 Å². The lowest BCUT2D eigenvalue weighted by Crippen LogP contribution is -2.54. The number of piperidine rings is 1. The first-order valence-electron chi connectivity index (χ1n) is 13.1. The Balaban J connectivity index is 1.30. The van der Waals surface area contributed by atoms with Crippen LogP contribution in [0.1, 0.15) is 72.1 Å². The minimum atomic E-state index is 0.0176. The zero-order valence-electron chi connectivity index (χ0n) is 21.4. The van der Waals surface area contributed by atoms with Gasteiger partial charge in [0.1, 0.15) is 5.82 Å². The highest BCUT2D eigenvalue weighted by Crippen LogP contribution is 2.67. The van der Waals surface area contributed by atoms with Crippen molar-refractivity contribution in [3.8, 4) is 0 Å². The van der Waals surface area contributed by atoms with Crippen LogP contribution in [0.25, 0.3) is 0 Å². The molecular formula is C28H38N4O3. The maximum absolute atomic E-state index is 13.0. The Kier molecular flexibility index (Phi) is 6.01. The van der Waals surface area contributed by atoms with Crippen molar-refractivity contribution in [3.05, 3.63) is 29.6 Å². The number of pyridine rings is 1. The highest BCUT2D eigenvalue weighted by Gasteiger charge is 2.60. The van der Waals surface area contributed by atoms with E-state index in [0.29, 0.717) is 54.4 Å². The average molecular weight is 479 g/mol. The van der Waals surface area contributed by atoms with Crippen LogP contribution in [0.4, 0.5) is 11.5 Å². The van der Waals surface area contributed by atoms with Gasteiger partial charge in [0.25, 0.3) is 0 Å². The van der Waals surface area contributed by atoms with Crippen molar-refractivity contribution in [2.75, 3.05) is 17.7 Å². The van der Waals surface area contributed by atoms with Gasteiger partial charge in [0.15, 0.2) is 0 Å². The number of carbonyl (C=O) groups is 3. The topological polar surface area (TPSA) is 91.4 Å². The second kappa shape index (κ2) is 8.75. The largest absolute Gasteiger partial charge is 0.327 e. The van der Waals surface area contributed by atoms with Gasteiger partial charge < -0.3 is 15.5 Å². The number of amides is 3. The van der Waals surface area contributed by atoms with Crippen molar-refractivity contribution in [1.82, 2.24) is 9.88 Å². The van der Waals surface area contributed by atoms with E-state index in [9.17, 15) is 14.4 Å². The number of carbonyl (C=O) groups excluding carboxylic acids is 3. The predicted octanol–water partition coefficient (Wildman–Crippen LogP) is 4.97. The minimum absolute atomic E-state index is 0.0176. The average Bonchev–Trinajstić information content (AvgIpc) is 3.14. The van der Waals surface area contributed by atoms with Crippen molar-refractivity contribution >= 4 is 29.7 Å². The maximum Gasteiger partial charge on any atom is 0.226 e. The molecule has 35 heavy (non-hydrogen) atoms. The molecule has 0 spiro atoms. The molecule has 0 aromatic carbocycles. The molecule has 0 bridgehead atoms. The van der Waals surface area contributed by atoms with E-state index in [2.05, 4.69) is 36.4 Å². The molecule has 0 radical (unpaired) electrons. The van der Waals surface area contributed by atoms with Gasteiger partial charge in [-0.1, -0.05) is 19.4 Å². The monoisotopic (exact) mass is 478 g/mol. The Hall–Kier alpha value is -2.70. The SMILES string of the molecule is CC1=C2N(C)C(=O)CC[C@]2(C)[C@H]2CC[C@]3(C)C(CC(=O)Nc4ccc(NC=O)cn4)CC[C@H]3[C@@H]2C1. The van der Waals surface area contributed by atoms with E-state index in [0.717, 1.165) is 25.7 Å². The van der Waals surface area contributed by atoms with Crippen molar-refractivity contribution in [2.45, 2.75) is 72.1 Å². The number of likely N-dealkylation sites (tertiary alicyclic amines) is 1. The first kappa shape index (κ1) is 24.0. The third-order valence-electron chi connectivity index (χ3n) is 10.2. The molecule has 7 heteroatoms. The van der Waals surface area contributed by atoms with Crippen molar-refractivity contribution in [1.29, 1.82) is 0 Å². The fourth-order valence-electron chi connectivity index (χ4n) is 8.59. The summed E-state index contributed by atoms with van der Waals surface area (Å²) in [5.74, 6) is 3.04. The summed E-state index contributed by atoms with van der Waals surface area (Å²) in [6.07, 6.45) is 9.99. The number of anilines is 2. The summed E-state index contributed by atoms with van der Waals surface area (Å²) in [5, 5.41) is 5.51. The molecule has 2 heterocycles. The van der Waals surface area contributed by atoms with Crippen molar-refractivity contribution in [2.24, 2.45) is 34.5 Å². The molecule has 188 valence electrons. The van der Waals surface area contributed by atoms with Gasteiger partial charge in [0.2, 0.25) is 18.2 Å². The molecule has 5 rings (SSSR count). The standard InChI is InChI=1S/C28H38N4O3/c1-17-13-20-21-7-5-18(14-24(34)31-23-8-6-19(15-29-23)30-16-33)27(21,2)11-9-22(20)28(3)12-10-25(35)32(4)26(17)28/h6,8,15-16,18,20-22H,5,7,9-14H2,1-4H3,(H,30,33)(H,29,31,34)/t18?,20-,21-,22-,27+,28+/m0/s1. The van der Waals surface area contributed by atoms with E-state index in [1.165, 1.54) is 24.1 Å². The van der Waals surface area contributed by atoms with E-state index in [1.807, 2.05) is 11.9 Å². The summed E-state index contributed by atoms with van der Waals surface area (Å²) in [4.78, 5) is 42.2. The molecule has 3 aliphatic carbocycles. The molecular weight excluding hydrogens is 440 g/mol. The highest BCUT2D eigenvalue weighted by molar-refractivity contribution is 5.90. The molecule has 4 aliphatic rings. The van der Waals surface area contributed by atoms with Crippen LogP contribution >= 0.6 is 0 Å². The Morgan fingerprint density at radius 3 is 2.71 bits per heavy atom. The summed E-state index contributed by atoms with van der Waals surface area (Å²) in [6, 6.07) is 3.45. The smallest absolute Gasteiger partial charge is 0.226 e. The number of allylic oxidation sites excluding steroid dienone is 2. The van der Waals surface area contributed by atoms with Crippen LogP contribution in [0.3, 0.4) is 0 Å². The van der Waals surface area contributed by atoms with Gasteiger partial charge in [0, 0.05) is 31.0 Å². The van der Waals surface area contributed by atoms with E-state index in [-0.39, 0.29) is 22.6 Å². The molecule has 2 saturated carbocycles. The third kappa shape index (κ3) is 3.87. The van der Waals surface area contributed by atoms with E-state index in [4.69, 9.17) is 0 Å². The van der Waals surface area contributed by atoms with E-state index < -0.39 is 0 Å². The molecule has 1 aliphatic heterocycles. The molecule has 1 aromatic heterocycles. The number of aromatic nitrogens is 1. The van der Waals surface area contributed by atoms with Gasteiger partial charge in [-0.2, -0.15) is 0 Å². The molecule has 3 amide bonds. The van der Waals surface area contributed by atoms with Gasteiger partial charge in [-0.15, -0.1) is 0 Å². The summed E-state index contributed by atoms with van der Waals surface area (Å²) < 4.78 is 0. The first-order chi connectivity index (χ1) is 16.7. The van der Waals surface area contributed by atoms with Gasteiger partial charge in [-0.3, -0.25) is 14.4 Å². The predicted molar refractivity (Wildman–Crippen MR) is 135 cm³/mol. The zero-order chi connectivity index (χ0) is 25.0. The first-order valence-corrected chi connectivity index (χ1v) is 13.1. The molecule has 1 aromatic rings. The summed E-state index contributed by atoms with van der Waals surface area (Å²) in [5.41, 5.74) is 3.56. The second-order valence-electron chi connectivity index (χ2n) is 11.8. The lowest BCUT2D eigenvalue weighted by molar-refractivity contribution is -0.136. The van der Waals surface area contributed by atoms with E-state index >= 15 is 0 Å². The Labute approximate surface area is 208 Å². The van der Waals surface area contributed by atoms with Gasteiger partial charge in [0.05, 0.1) is 11.9 Å². The van der Waals surface area contributed by atoms with Crippen molar-refractivity contribution in [3.63, 3.8) is 0 Å². The molecule has 1 saturated heterocycles. The maximum atomic E-state index is 13.0. The van der Waals surface area contributed by atoms with Gasteiger partial charge in [-0.25, -0.2) is 4.98 Å². The molecule has 6 atom stereocenters. The number of nitrogens with one attached hydrogen (secondary N) is 2. The molecule has 2 N–H and O–H groups in total. The summed E-state index contributed by atoms with van der Waals surface area (Å²) in [7, 11) is 1.97. The summed E-state index contributed by atoms with van der Waals surface area (Å²) >= 11 is 0. The quantitative estimate of drug-likeness (QED) is 0.584. The Morgan fingerprint density at radius 1 is 1.20 bits per heavy atom. The lowest BCUT2D eigenvalue weighted by Gasteiger charge is -2.59. The van der Waals surface area contributed by atoms with Gasteiger partial charge >= 0.3 is 0 Å². The van der Waals surface area contributed by atoms with Crippen LogP contribution in [0.5, 0.6) is 0 Å². The number of rotatable bonds is 5. The number of nitrogens with zero attached hydrogens (tertiary/aromatic N) is 2. The minimum Gasteiger partial charge on any atom is -0.327 e. The third-order valence-corrected chi connectivity index (χ3v) is 10.2. The van der Waals surface area contributed by atoms with Crippen LogP contribution in [-0.2, 0) is 14.4 Å². The van der Waals surface area contributed by atoms with Crippen LogP contribution in [-0.4, -0.2) is 35.2 Å². The second-order valence-corrected chi connectivity index (χ2v) is 11.8. The van der Waals surface area contributed by atoms with Crippen LogP contribution in [0, 0.1) is 34.5 Å². The fraction of sp³-hybridized carbons (Fsp3) is 0.643. The van der Waals surface area contributed by atoms with Crippen molar-refractivity contribution < 1.29 is 14.4 Å². The van der Waals surface area contributed by atoms with Crippen LogP contribution in [0.2, 0.25) is 0 Å². The van der Waals surface area contributed by atoms with Crippen LogP contribution < -0.4 is 10.6 Å².